The molecular weight excluding hydrogens is 336 g/mol. The zero-order chi connectivity index (χ0) is 19.0. The van der Waals surface area contributed by atoms with Gasteiger partial charge in [-0.05, 0) is 70.7 Å². The van der Waals surface area contributed by atoms with Crippen LogP contribution in [0.1, 0.15) is 56.9 Å². The predicted octanol–water partition coefficient (Wildman–Crippen LogP) is 4.08. The number of nitrogens with zero attached hydrogens (tertiary/aromatic N) is 2. The van der Waals surface area contributed by atoms with E-state index in [2.05, 4.69) is 54.2 Å². The average molecular weight is 369 g/mol. The van der Waals surface area contributed by atoms with Crippen molar-refractivity contribution in [2.24, 2.45) is 0 Å². The van der Waals surface area contributed by atoms with Crippen molar-refractivity contribution in [3.8, 4) is 0 Å². The van der Waals surface area contributed by atoms with Gasteiger partial charge in [0.2, 0.25) is 0 Å². The van der Waals surface area contributed by atoms with Crippen LogP contribution >= 0.6 is 0 Å². The lowest BCUT2D eigenvalue weighted by Gasteiger charge is -2.35. The molecule has 2 saturated heterocycles. The smallest absolute Gasteiger partial charge is 0.270 e. The summed E-state index contributed by atoms with van der Waals surface area (Å²) in [5, 5.41) is 4.80. The minimum Gasteiger partial charge on any atom is -0.382 e. The lowest BCUT2D eigenvalue weighted by Crippen LogP contribution is -2.42. The van der Waals surface area contributed by atoms with Crippen molar-refractivity contribution in [2.75, 3.05) is 25.0 Å². The van der Waals surface area contributed by atoms with Crippen LogP contribution in [0.25, 0.3) is 10.9 Å². The van der Waals surface area contributed by atoms with Gasteiger partial charge in [0.25, 0.3) is 5.91 Å². The number of hydrogen-bond acceptors (Lipinski definition) is 3. The summed E-state index contributed by atoms with van der Waals surface area (Å²) in [6.45, 7) is 9.88. The van der Waals surface area contributed by atoms with Crippen molar-refractivity contribution in [3.63, 3.8) is 0 Å². The number of carbonyl (C=O) groups excluding carboxylic acids is 1. The zero-order valence-corrected chi connectivity index (χ0v) is 16.8. The molecule has 2 aliphatic heterocycles. The molecule has 0 spiro atoms. The Morgan fingerprint density at radius 1 is 1.15 bits per heavy atom. The Bertz CT molecular complexity index is 804. The normalized spacial score (nSPS) is 22.1. The van der Waals surface area contributed by atoms with Crippen molar-refractivity contribution in [1.82, 2.24) is 14.8 Å². The number of benzene rings is 1. The van der Waals surface area contributed by atoms with Crippen LogP contribution in [0.15, 0.2) is 24.3 Å². The van der Waals surface area contributed by atoms with Crippen LogP contribution in [0.5, 0.6) is 0 Å². The van der Waals surface area contributed by atoms with Crippen LogP contribution in [-0.2, 0) is 0 Å². The second-order valence-electron chi connectivity index (χ2n) is 8.52. The molecule has 0 bridgehead atoms. The molecule has 2 N–H and O–H groups in total. The van der Waals surface area contributed by atoms with Gasteiger partial charge in [0.05, 0.1) is 0 Å². The molecule has 27 heavy (non-hydrogen) atoms. The summed E-state index contributed by atoms with van der Waals surface area (Å²) in [6, 6.07) is 9.91. The topological polar surface area (TPSA) is 51.4 Å². The highest BCUT2D eigenvalue weighted by atomic mass is 16.2. The molecule has 5 nitrogen and oxygen atoms in total. The first-order valence-corrected chi connectivity index (χ1v) is 10.5. The van der Waals surface area contributed by atoms with Gasteiger partial charge in [-0.1, -0.05) is 0 Å². The number of likely N-dealkylation sites (tertiary alicyclic amines) is 2. The van der Waals surface area contributed by atoms with Crippen molar-refractivity contribution in [2.45, 2.75) is 64.6 Å². The van der Waals surface area contributed by atoms with E-state index >= 15 is 0 Å². The van der Waals surface area contributed by atoms with Gasteiger partial charge in [0.15, 0.2) is 0 Å². The zero-order valence-electron chi connectivity index (χ0n) is 16.8. The standard InChI is InChI=1S/C22H32N4O/c1-15(2)25-11-8-18(9-12-25)23-19-6-7-20-17(13-19)14-21(24-20)22(27)26-10-4-5-16(26)3/h6-7,13-16,18,23-24H,4-5,8-12H2,1-3H3. The minimum atomic E-state index is 0.131. The monoisotopic (exact) mass is 368 g/mol. The number of aromatic nitrogens is 1. The number of aromatic amines is 1. The predicted molar refractivity (Wildman–Crippen MR) is 111 cm³/mol. The highest BCUT2D eigenvalue weighted by Crippen LogP contribution is 2.25. The van der Waals surface area contributed by atoms with Crippen molar-refractivity contribution < 1.29 is 4.79 Å². The Kier molecular flexibility index (Phi) is 5.13. The third-order valence-corrected chi connectivity index (χ3v) is 6.30. The minimum absolute atomic E-state index is 0.131. The Hall–Kier alpha value is -2.01. The maximum Gasteiger partial charge on any atom is 0.270 e. The molecule has 2 fully saturated rings. The van der Waals surface area contributed by atoms with Gasteiger partial charge in [0.1, 0.15) is 5.69 Å². The van der Waals surface area contributed by atoms with Gasteiger partial charge in [-0.15, -0.1) is 0 Å². The fraction of sp³-hybridized carbons (Fsp3) is 0.591. The molecule has 1 atom stereocenters. The molecule has 1 unspecified atom stereocenters. The molecule has 2 aliphatic rings. The summed E-state index contributed by atoms with van der Waals surface area (Å²) in [7, 11) is 0. The van der Waals surface area contributed by atoms with E-state index < -0.39 is 0 Å². The Morgan fingerprint density at radius 2 is 1.93 bits per heavy atom. The third-order valence-electron chi connectivity index (χ3n) is 6.30. The summed E-state index contributed by atoms with van der Waals surface area (Å²) in [4.78, 5) is 20.6. The molecule has 4 rings (SSSR count). The fourth-order valence-corrected chi connectivity index (χ4v) is 4.52. The highest BCUT2D eigenvalue weighted by Gasteiger charge is 2.27. The van der Waals surface area contributed by atoms with Crippen LogP contribution < -0.4 is 5.32 Å². The first kappa shape index (κ1) is 18.4. The van der Waals surface area contributed by atoms with Crippen molar-refractivity contribution >= 4 is 22.5 Å². The van der Waals surface area contributed by atoms with Crippen LogP contribution in [0.2, 0.25) is 0 Å². The van der Waals surface area contributed by atoms with E-state index in [0.717, 1.165) is 49.1 Å². The average Bonchev–Trinajstić information content (AvgIpc) is 3.27. The lowest BCUT2D eigenvalue weighted by atomic mass is 10.0. The summed E-state index contributed by atoms with van der Waals surface area (Å²) < 4.78 is 0. The Labute approximate surface area is 162 Å². The summed E-state index contributed by atoms with van der Waals surface area (Å²) in [5.74, 6) is 0.131. The summed E-state index contributed by atoms with van der Waals surface area (Å²) in [6.07, 6.45) is 4.58. The van der Waals surface area contributed by atoms with Gasteiger partial charge in [-0.3, -0.25) is 4.79 Å². The molecule has 0 aliphatic carbocycles. The highest BCUT2D eigenvalue weighted by molar-refractivity contribution is 5.99. The van der Waals surface area contributed by atoms with Gasteiger partial charge in [-0.2, -0.15) is 0 Å². The van der Waals surface area contributed by atoms with E-state index in [1.807, 2.05) is 11.0 Å². The van der Waals surface area contributed by atoms with E-state index in [-0.39, 0.29) is 5.91 Å². The van der Waals surface area contributed by atoms with Crippen molar-refractivity contribution in [3.05, 3.63) is 30.0 Å². The largest absolute Gasteiger partial charge is 0.382 e. The molecule has 5 heteroatoms. The first-order chi connectivity index (χ1) is 13.0. The molecule has 1 amide bonds. The number of amides is 1. The fourth-order valence-electron chi connectivity index (χ4n) is 4.52. The van der Waals surface area contributed by atoms with Crippen LogP contribution in [-0.4, -0.2) is 58.5 Å². The van der Waals surface area contributed by atoms with E-state index in [9.17, 15) is 4.79 Å². The Morgan fingerprint density at radius 3 is 2.59 bits per heavy atom. The molecule has 1 aromatic carbocycles. The third kappa shape index (κ3) is 3.84. The summed E-state index contributed by atoms with van der Waals surface area (Å²) >= 11 is 0. The van der Waals surface area contributed by atoms with Crippen LogP contribution in [0.3, 0.4) is 0 Å². The molecule has 3 heterocycles. The van der Waals surface area contributed by atoms with Gasteiger partial charge in [0, 0.05) is 54.4 Å². The van der Waals surface area contributed by atoms with Gasteiger partial charge < -0.3 is 20.1 Å². The van der Waals surface area contributed by atoms with Gasteiger partial charge in [-0.25, -0.2) is 0 Å². The molecular formula is C22H32N4O. The van der Waals surface area contributed by atoms with Gasteiger partial charge >= 0.3 is 0 Å². The number of H-pyrrole nitrogens is 1. The Balaban J connectivity index is 1.44. The van der Waals surface area contributed by atoms with Crippen molar-refractivity contribution in [1.29, 1.82) is 0 Å². The molecule has 2 aromatic rings. The molecule has 1 aromatic heterocycles. The SMILES string of the molecule is CC(C)N1CCC(Nc2ccc3[nH]c(C(=O)N4CCCC4C)cc3c2)CC1. The maximum absolute atomic E-state index is 12.8. The van der Waals surface area contributed by atoms with E-state index in [1.54, 1.807) is 0 Å². The van der Waals surface area contributed by atoms with E-state index in [4.69, 9.17) is 0 Å². The number of anilines is 1. The molecule has 146 valence electrons. The van der Waals surface area contributed by atoms with E-state index in [0.29, 0.717) is 23.8 Å². The first-order valence-electron chi connectivity index (χ1n) is 10.5. The van der Waals surface area contributed by atoms with E-state index in [1.165, 1.54) is 12.8 Å². The number of piperidine rings is 1. The molecule has 0 saturated carbocycles. The number of nitrogens with one attached hydrogen (secondary N) is 2. The second-order valence-corrected chi connectivity index (χ2v) is 8.52. The van der Waals surface area contributed by atoms with Crippen LogP contribution in [0.4, 0.5) is 5.69 Å². The second kappa shape index (κ2) is 7.55. The number of hydrogen-bond donors (Lipinski definition) is 2. The number of fused-ring (bicyclic) bond motifs is 1. The summed E-state index contributed by atoms with van der Waals surface area (Å²) in [5.41, 5.74) is 2.89. The number of carbonyl (C=O) groups is 1. The molecule has 0 radical (unpaired) electrons. The number of rotatable bonds is 4. The van der Waals surface area contributed by atoms with Crippen LogP contribution in [0, 0.1) is 0 Å². The lowest BCUT2D eigenvalue weighted by molar-refractivity contribution is 0.0742. The quantitative estimate of drug-likeness (QED) is 0.855. The maximum atomic E-state index is 12.8.